The van der Waals surface area contributed by atoms with E-state index in [0.717, 1.165) is 25.7 Å². The highest BCUT2D eigenvalue weighted by Gasteiger charge is 2.44. The summed E-state index contributed by atoms with van der Waals surface area (Å²) in [6, 6.07) is 0. The number of aliphatic hydroxyl groups is 2. The third kappa shape index (κ3) is 1.42. The fourth-order valence-electron chi connectivity index (χ4n) is 2.07. The molecular formula is C9H18O2. The number of hydrogen-bond donors (Lipinski definition) is 2. The summed E-state index contributed by atoms with van der Waals surface area (Å²) in [6.07, 6.45) is 2.89. The maximum absolute atomic E-state index is 9.59. The zero-order valence-corrected chi connectivity index (χ0v) is 7.38. The van der Waals surface area contributed by atoms with E-state index in [9.17, 15) is 10.2 Å². The molecule has 2 nitrogen and oxygen atoms in total. The van der Waals surface area contributed by atoms with Gasteiger partial charge in [-0.3, -0.25) is 0 Å². The van der Waals surface area contributed by atoms with Crippen molar-refractivity contribution in [3.8, 4) is 0 Å². The first kappa shape index (κ1) is 9.01. The summed E-state index contributed by atoms with van der Waals surface area (Å²) < 4.78 is 0. The van der Waals surface area contributed by atoms with E-state index in [1.54, 1.807) is 0 Å². The van der Waals surface area contributed by atoms with Gasteiger partial charge in [0.15, 0.2) is 0 Å². The van der Waals surface area contributed by atoms with Crippen LogP contribution in [0, 0.1) is 5.41 Å². The Morgan fingerprint density at radius 2 is 1.73 bits per heavy atom. The number of rotatable bonds is 2. The SMILES string of the molecule is CCCC1(C)C(O)CCC1O. The third-order valence-electron chi connectivity index (χ3n) is 3.02. The summed E-state index contributed by atoms with van der Waals surface area (Å²) in [4.78, 5) is 0. The van der Waals surface area contributed by atoms with Crippen LogP contribution in [-0.2, 0) is 0 Å². The fraction of sp³-hybridized carbons (Fsp3) is 1.00. The molecule has 0 amide bonds. The molecule has 1 rings (SSSR count). The lowest BCUT2D eigenvalue weighted by Crippen LogP contribution is -2.35. The average molecular weight is 158 g/mol. The highest BCUT2D eigenvalue weighted by atomic mass is 16.3. The van der Waals surface area contributed by atoms with Gasteiger partial charge in [0.05, 0.1) is 12.2 Å². The molecule has 0 aromatic heterocycles. The van der Waals surface area contributed by atoms with E-state index < -0.39 is 0 Å². The predicted octanol–water partition coefficient (Wildman–Crippen LogP) is 1.31. The van der Waals surface area contributed by atoms with Crippen LogP contribution in [0.15, 0.2) is 0 Å². The second kappa shape index (κ2) is 3.11. The van der Waals surface area contributed by atoms with Crippen LogP contribution in [-0.4, -0.2) is 22.4 Å². The lowest BCUT2D eigenvalue weighted by atomic mass is 9.80. The molecule has 0 aromatic rings. The van der Waals surface area contributed by atoms with Crippen LogP contribution in [0.2, 0.25) is 0 Å². The summed E-state index contributed by atoms with van der Waals surface area (Å²) in [5, 5.41) is 19.2. The molecule has 66 valence electrons. The molecule has 0 aliphatic heterocycles. The normalized spacial score (nSPS) is 44.7. The Balaban J connectivity index is 2.63. The minimum atomic E-state index is -0.294. The maximum Gasteiger partial charge on any atom is 0.0619 e. The molecule has 11 heavy (non-hydrogen) atoms. The lowest BCUT2D eigenvalue weighted by Gasteiger charge is -2.31. The van der Waals surface area contributed by atoms with Crippen molar-refractivity contribution in [2.24, 2.45) is 5.41 Å². The molecule has 1 saturated carbocycles. The molecule has 2 N–H and O–H groups in total. The monoisotopic (exact) mass is 158 g/mol. The van der Waals surface area contributed by atoms with E-state index >= 15 is 0 Å². The van der Waals surface area contributed by atoms with Gasteiger partial charge in [-0.05, 0) is 19.3 Å². The topological polar surface area (TPSA) is 40.5 Å². The maximum atomic E-state index is 9.59. The van der Waals surface area contributed by atoms with E-state index in [0.29, 0.717) is 0 Å². The van der Waals surface area contributed by atoms with Crippen molar-refractivity contribution in [3.63, 3.8) is 0 Å². The van der Waals surface area contributed by atoms with Crippen LogP contribution in [0.25, 0.3) is 0 Å². The molecule has 2 heteroatoms. The van der Waals surface area contributed by atoms with E-state index in [-0.39, 0.29) is 17.6 Å². The minimum Gasteiger partial charge on any atom is -0.392 e. The zero-order chi connectivity index (χ0) is 8.48. The Morgan fingerprint density at radius 1 is 1.27 bits per heavy atom. The largest absolute Gasteiger partial charge is 0.392 e. The predicted molar refractivity (Wildman–Crippen MR) is 44.3 cm³/mol. The Hall–Kier alpha value is -0.0800. The highest BCUT2D eigenvalue weighted by molar-refractivity contribution is 4.94. The molecule has 2 atom stereocenters. The Bertz CT molecular complexity index is 124. The molecule has 0 bridgehead atoms. The molecule has 1 aliphatic rings. The van der Waals surface area contributed by atoms with Crippen molar-refractivity contribution in [3.05, 3.63) is 0 Å². The Morgan fingerprint density at radius 3 is 2.09 bits per heavy atom. The average Bonchev–Trinajstić information content (AvgIpc) is 2.19. The van der Waals surface area contributed by atoms with Gasteiger partial charge in [0.1, 0.15) is 0 Å². The van der Waals surface area contributed by atoms with E-state index in [1.807, 2.05) is 6.92 Å². The molecule has 0 spiro atoms. The van der Waals surface area contributed by atoms with Gasteiger partial charge in [0.2, 0.25) is 0 Å². The number of hydrogen-bond acceptors (Lipinski definition) is 2. The first-order valence-electron chi connectivity index (χ1n) is 4.47. The second-order valence-corrected chi connectivity index (χ2v) is 3.86. The van der Waals surface area contributed by atoms with Crippen molar-refractivity contribution >= 4 is 0 Å². The van der Waals surface area contributed by atoms with Crippen LogP contribution in [0.5, 0.6) is 0 Å². The fourth-order valence-corrected chi connectivity index (χ4v) is 2.07. The molecule has 1 aliphatic carbocycles. The third-order valence-corrected chi connectivity index (χ3v) is 3.02. The van der Waals surface area contributed by atoms with Crippen LogP contribution in [0.1, 0.15) is 39.5 Å². The first-order valence-corrected chi connectivity index (χ1v) is 4.47. The Labute approximate surface area is 68.2 Å². The summed E-state index contributed by atoms with van der Waals surface area (Å²) in [7, 11) is 0. The number of aliphatic hydroxyl groups excluding tert-OH is 2. The van der Waals surface area contributed by atoms with Gasteiger partial charge in [-0.25, -0.2) is 0 Å². The van der Waals surface area contributed by atoms with Gasteiger partial charge in [-0.1, -0.05) is 20.3 Å². The summed E-state index contributed by atoms with van der Waals surface area (Å²) in [6.45, 7) is 4.07. The quantitative estimate of drug-likeness (QED) is 0.636. The molecule has 0 heterocycles. The van der Waals surface area contributed by atoms with Gasteiger partial charge in [-0.2, -0.15) is 0 Å². The standard InChI is InChI=1S/C9H18O2/c1-3-6-9(2)7(10)4-5-8(9)11/h7-8,10-11H,3-6H2,1-2H3. The minimum absolute atomic E-state index is 0.227. The van der Waals surface area contributed by atoms with Gasteiger partial charge in [-0.15, -0.1) is 0 Å². The van der Waals surface area contributed by atoms with Crippen molar-refractivity contribution in [2.45, 2.75) is 51.7 Å². The first-order chi connectivity index (χ1) is 5.11. The van der Waals surface area contributed by atoms with Crippen LogP contribution < -0.4 is 0 Å². The molecule has 1 fully saturated rings. The Kier molecular flexibility index (Phi) is 2.55. The van der Waals surface area contributed by atoms with E-state index in [4.69, 9.17) is 0 Å². The van der Waals surface area contributed by atoms with Crippen molar-refractivity contribution < 1.29 is 10.2 Å². The van der Waals surface area contributed by atoms with Crippen molar-refractivity contribution in [1.82, 2.24) is 0 Å². The molecule has 0 radical (unpaired) electrons. The smallest absolute Gasteiger partial charge is 0.0619 e. The van der Waals surface area contributed by atoms with Crippen molar-refractivity contribution in [1.29, 1.82) is 0 Å². The van der Waals surface area contributed by atoms with Gasteiger partial charge in [0.25, 0.3) is 0 Å². The summed E-state index contributed by atoms with van der Waals surface area (Å²) in [5.74, 6) is 0. The van der Waals surface area contributed by atoms with Crippen LogP contribution in [0.3, 0.4) is 0 Å². The summed E-state index contributed by atoms with van der Waals surface area (Å²) >= 11 is 0. The zero-order valence-electron chi connectivity index (χ0n) is 7.38. The van der Waals surface area contributed by atoms with E-state index in [2.05, 4.69) is 6.92 Å². The van der Waals surface area contributed by atoms with Gasteiger partial charge < -0.3 is 10.2 Å². The molecule has 0 saturated heterocycles. The van der Waals surface area contributed by atoms with Gasteiger partial charge >= 0.3 is 0 Å². The molecular weight excluding hydrogens is 140 g/mol. The van der Waals surface area contributed by atoms with Crippen LogP contribution >= 0.6 is 0 Å². The van der Waals surface area contributed by atoms with Crippen LogP contribution in [0.4, 0.5) is 0 Å². The lowest BCUT2D eigenvalue weighted by molar-refractivity contribution is -0.0167. The highest BCUT2D eigenvalue weighted by Crippen LogP contribution is 2.41. The molecule has 2 unspecified atom stereocenters. The van der Waals surface area contributed by atoms with E-state index in [1.165, 1.54) is 0 Å². The second-order valence-electron chi connectivity index (χ2n) is 3.86. The van der Waals surface area contributed by atoms with Crippen molar-refractivity contribution in [2.75, 3.05) is 0 Å². The van der Waals surface area contributed by atoms with Gasteiger partial charge in [0, 0.05) is 5.41 Å². The molecule has 0 aromatic carbocycles. The summed E-state index contributed by atoms with van der Waals surface area (Å²) in [5.41, 5.74) is -0.227.